The standard InChI is InChI=1S/C32H35Cl2N3O4S/c33-25-12-17-29(30(34)22-25)32(39)37(27-6-2-1-3-7-27)42(40,41)28-15-10-24(11-16-28)31(38)35-26-13-8-23(9-14-26)18-21-36-19-4-5-20-36/h1-3,6-7,10-12,15-17,22-23,26H,4-5,8-9,13-14,18-21H2,(H,35,38). The maximum Gasteiger partial charge on any atom is 0.273 e. The maximum atomic E-state index is 13.8. The molecule has 42 heavy (non-hydrogen) atoms. The molecule has 1 heterocycles. The smallest absolute Gasteiger partial charge is 0.273 e. The Morgan fingerprint density at radius 3 is 2.19 bits per heavy atom. The minimum Gasteiger partial charge on any atom is -0.349 e. The van der Waals surface area contributed by atoms with E-state index in [0.29, 0.717) is 16.5 Å². The van der Waals surface area contributed by atoms with Gasteiger partial charge < -0.3 is 10.2 Å². The van der Waals surface area contributed by atoms with Gasteiger partial charge in [-0.05, 0) is 125 Å². The van der Waals surface area contributed by atoms with Gasteiger partial charge in [-0.15, -0.1) is 0 Å². The number of para-hydroxylation sites is 1. The van der Waals surface area contributed by atoms with Crippen LogP contribution in [0.5, 0.6) is 0 Å². The summed E-state index contributed by atoms with van der Waals surface area (Å²) in [6.07, 6.45) is 7.96. The molecule has 0 radical (unpaired) electrons. The van der Waals surface area contributed by atoms with E-state index in [1.54, 1.807) is 18.2 Å². The Labute approximate surface area is 257 Å². The lowest BCUT2D eigenvalue weighted by Gasteiger charge is -2.30. The van der Waals surface area contributed by atoms with E-state index < -0.39 is 15.9 Å². The number of likely N-dealkylation sites (tertiary alicyclic amines) is 1. The van der Waals surface area contributed by atoms with Gasteiger partial charge in [0.25, 0.3) is 21.8 Å². The van der Waals surface area contributed by atoms with E-state index in [1.165, 1.54) is 93.5 Å². The average Bonchev–Trinajstić information content (AvgIpc) is 3.51. The number of benzene rings is 3. The third kappa shape index (κ3) is 7.17. The summed E-state index contributed by atoms with van der Waals surface area (Å²) in [6, 6.07) is 18.1. The number of hydrogen-bond acceptors (Lipinski definition) is 5. The molecule has 1 aliphatic heterocycles. The molecule has 0 atom stereocenters. The molecular weight excluding hydrogens is 593 g/mol. The largest absolute Gasteiger partial charge is 0.349 e. The first-order valence-corrected chi connectivity index (χ1v) is 16.6. The van der Waals surface area contributed by atoms with Crippen molar-refractivity contribution >= 4 is 50.7 Å². The van der Waals surface area contributed by atoms with Crippen molar-refractivity contribution in [3.05, 3.63) is 94.0 Å². The topological polar surface area (TPSA) is 86.8 Å². The van der Waals surface area contributed by atoms with Crippen LogP contribution >= 0.6 is 23.2 Å². The molecule has 3 aromatic carbocycles. The number of nitrogens with zero attached hydrogens (tertiary/aromatic N) is 2. The second kappa shape index (κ2) is 13.6. The Morgan fingerprint density at radius 2 is 1.55 bits per heavy atom. The number of sulfonamides is 1. The number of rotatable bonds is 9. The van der Waals surface area contributed by atoms with Crippen molar-refractivity contribution in [2.75, 3.05) is 23.9 Å². The highest BCUT2D eigenvalue weighted by Crippen LogP contribution is 2.30. The van der Waals surface area contributed by atoms with E-state index in [2.05, 4.69) is 10.2 Å². The minimum absolute atomic E-state index is 0.00439. The molecule has 1 saturated carbocycles. The zero-order chi connectivity index (χ0) is 29.7. The predicted molar refractivity (Wildman–Crippen MR) is 167 cm³/mol. The van der Waals surface area contributed by atoms with Crippen LogP contribution in [-0.4, -0.2) is 50.8 Å². The molecule has 0 bridgehead atoms. The van der Waals surface area contributed by atoms with Gasteiger partial charge in [0.15, 0.2) is 0 Å². The molecule has 2 fully saturated rings. The fraction of sp³-hybridized carbons (Fsp3) is 0.375. The summed E-state index contributed by atoms with van der Waals surface area (Å²) in [4.78, 5) is 29.0. The molecule has 2 amide bonds. The second-order valence-corrected chi connectivity index (χ2v) is 13.7. The van der Waals surface area contributed by atoms with Crippen molar-refractivity contribution in [2.45, 2.75) is 55.9 Å². The van der Waals surface area contributed by atoms with Gasteiger partial charge >= 0.3 is 0 Å². The lowest BCUT2D eigenvalue weighted by Crippen LogP contribution is -2.38. The molecular formula is C32H35Cl2N3O4S. The molecule has 3 aromatic rings. The number of halogens is 2. The summed E-state index contributed by atoms with van der Waals surface area (Å²) < 4.78 is 28.4. The molecule has 10 heteroatoms. The quantitative estimate of drug-likeness (QED) is 0.282. The predicted octanol–water partition coefficient (Wildman–Crippen LogP) is 6.80. The Kier molecular flexibility index (Phi) is 9.88. The summed E-state index contributed by atoms with van der Waals surface area (Å²) >= 11 is 12.3. The molecule has 0 spiro atoms. The third-order valence-electron chi connectivity index (χ3n) is 8.23. The van der Waals surface area contributed by atoms with Crippen LogP contribution in [-0.2, 0) is 10.0 Å². The zero-order valence-electron chi connectivity index (χ0n) is 23.3. The monoisotopic (exact) mass is 627 g/mol. The van der Waals surface area contributed by atoms with Crippen LogP contribution in [0.4, 0.5) is 5.69 Å². The Balaban J connectivity index is 1.26. The van der Waals surface area contributed by atoms with Crippen LogP contribution < -0.4 is 9.62 Å². The lowest BCUT2D eigenvalue weighted by molar-refractivity contribution is 0.0919. The van der Waals surface area contributed by atoms with Gasteiger partial charge in [-0.2, -0.15) is 4.31 Å². The van der Waals surface area contributed by atoms with Gasteiger partial charge in [0.2, 0.25) is 0 Å². The number of anilines is 1. The highest BCUT2D eigenvalue weighted by atomic mass is 35.5. The summed E-state index contributed by atoms with van der Waals surface area (Å²) in [6.45, 7) is 3.63. The van der Waals surface area contributed by atoms with Crippen LogP contribution in [0.25, 0.3) is 0 Å². The van der Waals surface area contributed by atoms with Crippen LogP contribution in [0, 0.1) is 5.92 Å². The second-order valence-electron chi connectivity index (χ2n) is 11.1. The normalized spacial score (nSPS) is 19.4. The number of nitrogens with one attached hydrogen (secondary N) is 1. The number of carbonyl (C=O) groups excluding carboxylic acids is 2. The molecule has 0 unspecified atom stereocenters. The van der Waals surface area contributed by atoms with Gasteiger partial charge in [-0.3, -0.25) is 9.59 Å². The average molecular weight is 629 g/mol. The summed E-state index contributed by atoms with van der Waals surface area (Å²) in [5, 5.41) is 3.48. The Hall–Kier alpha value is -2.91. The molecule has 1 N–H and O–H groups in total. The molecule has 2 aliphatic rings. The molecule has 5 rings (SSSR count). The van der Waals surface area contributed by atoms with Gasteiger partial charge in [0.1, 0.15) is 0 Å². The first-order chi connectivity index (χ1) is 20.2. The number of amides is 2. The van der Waals surface area contributed by atoms with Crippen molar-refractivity contribution in [3.63, 3.8) is 0 Å². The highest BCUT2D eigenvalue weighted by Gasteiger charge is 2.33. The van der Waals surface area contributed by atoms with Crippen LogP contribution in [0.3, 0.4) is 0 Å². The Bertz CT molecular complexity index is 1500. The summed E-state index contributed by atoms with van der Waals surface area (Å²) in [5.41, 5.74) is 0.519. The van der Waals surface area contributed by atoms with E-state index in [1.807, 2.05) is 0 Å². The minimum atomic E-state index is -4.36. The fourth-order valence-corrected chi connectivity index (χ4v) is 7.72. The summed E-state index contributed by atoms with van der Waals surface area (Å²) in [5.74, 6) is -0.342. The van der Waals surface area contributed by atoms with Crippen molar-refractivity contribution in [3.8, 4) is 0 Å². The molecule has 222 valence electrons. The van der Waals surface area contributed by atoms with Gasteiger partial charge in [0, 0.05) is 16.6 Å². The number of carbonyl (C=O) groups is 2. The molecule has 7 nitrogen and oxygen atoms in total. The zero-order valence-corrected chi connectivity index (χ0v) is 25.7. The SMILES string of the molecule is O=C(NC1CCC(CCN2CCCC2)CC1)c1ccc(S(=O)(=O)N(C(=O)c2ccc(Cl)cc2Cl)c2ccccc2)cc1. The first kappa shape index (κ1) is 30.5. The summed E-state index contributed by atoms with van der Waals surface area (Å²) in [7, 11) is -4.36. The van der Waals surface area contributed by atoms with E-state index in [9.17, 15) is 18.0 Å². The van der Waals surface area contributed by atoms with Gasteiger partial charge in [0.05, 0.1) is 21.2 Å². The highest BCUT2D eigenvalue weighted by molar-refractivity contribution is 7.93. The van der Waals surface area contributed by atoms with Crippen LogP contribution in [0.1, 0.15) is 65.7 Å². The third-order valence-corrected chi connectivity index (χ3v) is 10.5. The van der Waals surface area contributed by atoms with E-state index >= 15 is 0 Å². The van der Waals surface area contributed by atoms with Crippen molar-refractivity contribution in [2.24, 2.45) is 5.92 Å². The van der Waals surface area contributed by atoms with Gasteiger partial charge in [-0.25, -0.2) is 8.42 Å². The lowest BCUT2D eigenvalue weighted by atomic mass is 9.84. The van der Waals surface area contributed by atoms with Crippen molar-refractivity contribution in [1.29, 1.82) is 0 Å². The van der Waals surface area contributed by atoms with Gasteiger partial charge in [-0.1, -0.05) is 41.4 Å². The van der Waals surface area contributed by atoms with Crippen molar-refractivity contribution in [1.82, 2.24) is 10.2 Å². The fourth-order valence-electron chi connectivity index (χ4n) is 5.82. The Morgan fingerprint density at radius 1 is 0.881 bits per heavy atom. The maximum absolute atomic E-state index is 13.8. The van der Waals surface area contributed by atoms with E-state index in [4.69, 9.17) is 23.2 Å². The first-order valence-electron chi connectivity index (χ1n) is 14.5. The van der Waals surface area contributed by atoms with E-state index in [-0.39, 0.29) is 33.1 Å². The van der Waals surface area contributed by atoms with Crippen LogP contribution in [0.15, 0.2) is 77.7 Å². The molecule has 0 aromatic heterocycles. The molecule has 1 saturated heterocycles. The van der Waals surface area contributed by atoms with Crippen molar-refractivity contribution < 1.29 is 18.0 Å². The van der Waals surface area contributed by atoms with Crippen LogP contribution in [0.2, 0.25) is 10.0 Å². The number of hydrogen-bond donors (Lipinski definition) is 1. The van der Waals surface area contributed by atoms with E-state index in [0.717, 1.165) is 30.0 Å². The molecule has 1 aliphatic carbocycles.